The van der Waals surface area contributed by atoms with Gasteiger partial charge >= 0.3 is 0 Å². The summed E-state index contributed by atoms with van der Waals surface area (Å²) in [5.74, 6) is 0.849. The standard InChI is InChI=1S/C17H14ClN5O2/c1-22-13-5-2-4-11(18)16(13)17(21-22)19-15(24)10-23-8-7-12(20-23)14-6-3-9-25-14/h2-9H,10H2,1H3,(H,19,21,24). The third kappa shape index (κ3) is 2.89. The maximum Gasteiger partial charge on any atom is 0.247 e. The van der Waals surface area contributed by atoms with Crippen molar-refractivity contribution in [3.05, 3.63) is 53.9 Å². The minimum absolute atomic E-state index is 0.0588. The molecule has 0 spiro atoms. The first kappa shape index (κ1) is 15.5. The lowest BCUT2D eigenvalue weighted by atomic mass is 10.2. The number of furan rings is 1. The van der Waals surface area contributed by atoms with E-state index in [0.717, 1.165) is 10.9 Å². The highest BCUT2D eigenvalue weighted by molar-refractivity contribution is 6.36. The highest BCUT2D eigenvalue weighted by Crippen LogP contribution is 2.29. The number of halogens is 1. The van der Waals surface area contributed by atoms with Crippen molar-refractivity contribution in [2.24, 2.45) is 7.05 Å². The smallest absolute Gasteiger partial charge is 0.247 e. The lowest BCUT2D eigenvalue weighted by Crippen LogP contribution is -2.19. The SMILES string of the molecule is Cn1nc(NC(=O)Cn2ccc(-c3ccco3)n2)c2c(Cl)cccc21. The molecule has 7 nitrogen and oxygen atoms in total. The number of aromatic nitrogens is 4. The zero-order valence-corrected chi connectivity index (χ0v) is 14.1. The number of carbonyl (C=O) groups is 1. The van der Waals surface area contributed by atoms with Crippen LogP contribution in [0.15, 0.2) is 53.3 Å². The van der Waals surface area contributed by atoms with E-state index in [-0.39, 0.29) is 12.5 Å². The predicted octanol–water partition coefficient (Wildman–Crippen LogP) is 3.32. The molecule has 0 saturated carbocycles. The zero-order chi connectivity index (χ0) is 17.4. The summed E-state index contributed by atoms with van der Waals surface area (Å²) in [4.78, 5) is 12.4. The highest BCUT2D eigenvalue weighted by atomic mass is 35.5. The quantitative estimate of drug-likeness (QED) is 0.609. The monoisotopic (exact) mass is 355 g/mol. The number of fused-ring (bicyclic) bond motifs is 1. The molecule has 0 aliphatic rings. The van der Waals surface area contributed by atoms with Crippen LogP contribution in [0, 0.1) is 0 Å². The number of rotatable bonds is 4. The van der Waals surface area contributed by atoms with Gasteiger partial charge in [-0.2, -0.15) is 10.2 Å². The average Bonchev–Trinajstić information content (AvgIpc) is 3.29. The largest absolute Gasteiger partial charge is 0.463 e. The fourth-order valence-corrected chi connectivity index (χ4v) is 2.94. The molecule has 25 heavy (non-hydrogen) atoms. The molecule has 1 amide bonds. The maximum atomic E-state index is 12.4. The van der Waals surface area contributed by atoms with Crippen LogP contribution in [0.25, 0.3) is 22.4 Å². The number of aryl methyl sites for hydroxylation is 1. The Morgan fingerprint density at radius 3 is 2.92 bits per heavy atom. The molecule has 4 rings (SSSR count). The van der Waals surface area contributed by atoms with Crippen molar-refractivity contribution >= 4 is 34.2 Å². The number of nitrogens with zero attached hydrogens (tertiary/aromatic N) is 4. The Labute approximate surface area is 147 Å². The summed E-state index contributed by atoms with van der Waals surface area (Å²) in [6.45, 7) is 0.0588. The molecule has 3 heterocycles. The number of nitrogens with one attached hydrogen (secondary N) is 1. The van der Waals surface area contributed by atoms with E-state index in [2.05, 4.69) is 15.5 Å². The van der Waals surface area contributed by atoms with Crippen LogP contribution in [-0.4, -0.2) is 25.5 Å². The second-order valence-corrected chi connectivity index (χ2v) is 5.94. The molecule has 0 unspecified atom stereocenters. The van der Waals surface area contributed by atoms with Gasteiger partial charge in [-0.1, -0.05) is 17.7 Å². The van der Waals surface area contributed by atoms with Gasteiger partial charge in [0.2, 0.25) is 5.91 Å². The van der Waals surface area contributed by atoms with E-state index in [1.807, 2.05) is 18.2 Å². The minimum Gasteiger partial charge on any atom is -0.463 e. The topological polar surface area (TPSA) is 77.9 Å². The third-order valence-corrected chi connectivity index (χ3v) is 4.12. The fraction of sp³-hybridized carbons (Fsp3) is 0.118. The van der Waals surface area contributed by atoms with Crippen LogP contribution in [0.3, 0.4) is 0 Å². The Bertz CT molecular complexity index is 1050. The summed E-state index contributed by atoms with van der Waals surface area (Å²) >= 11 is 6.25. The summed E-state index contributed by atoms with van der Waals surface area (Å²) in [5, 5.41) is 12.7. The van der Waals surface area contributed by atoms with Gasteiger partial charge in [0.15, 0.2) is 11.6 Å². The highest BCUT2D eigenvalue weighted by Gasteiger charge is 2.15. The Kier molecular flexibility index (Phi) is 3.77. The molecule has 8 heteroatoms. The van der Waals surface area contributed by atoms with E-state index >= 15 is 0 Å². The molecule has 3 aromatic heterocycles. The molecular weight excluding hydrogens is 342 g/mol. The lowest BCUT2D eigenvalue weighted by Gasteiger charge is -2.03. The molecule has 1 N–H and O–H groups in total. The van der Waals surface area contributed by atoms with E-state index in [1.165, 1.54) is 0 Å². The third-order valence-electron chi connectivity index (χ3n) is 3.80. The number of hydrogen-bond acceptors (Lipinski definition) is 4. The van der Waals surface area contributed by atoms with Crippen LogP contribution in [0.5, 0.6) is 0 Å². The molecule has 0 fully saturated rings. The van der Waals surface area contributed by atoms with E-state index in [1.54, 1.807) is 47.1 Å². The first-order chi connectivity index (χ1) is 12.1. The van der Waals surface area contributed by atoms with Crippen LogP contribution in [0.1, 0.15) is 0 Å². The van der Waals surface area contributed by atoms with E-state index in [4.69, 9.17) is 16.0 Å². The normalized spacial score (nSPS) is 11.1. The Morgan fingerprint density at radius 1 is 1.24 bits per heavy atom. The molecule has 0 aliphatic heterocycles. The Hall–Kier alpha value is -3.06. The molecule has 0 radical (unpaired) electrons. The van der Waals surface area contributed by atoms with Gasteiger partial charge < -0.3 is 9.73 Å². The summed E-state index contributed by atoms with van der Waals surface area (Å²) in [7, 11) is 1.80. The van der Waals surface area contributed by atoms with Crippen LogP contribution < -0.4 is 5.32 Å². The van der Waals surface area contributed by atoms with Gasteiger partial charge in [-0.3, -0.25) is 14.2 Å². The lowest BCUT2D eigenvalue weighted by molar-refractivity contribution is -0.116. The van der Waals surface area contributed by atoms with E-state index < -0.39 is 0 Å². The van der Waals surface area contributed by atoms with Crippen molar-refractivity contribution in [2.45, 2.75) is 6.54 Å². The number of carbonyl (C=O) groups excluding carboxylic acids is 1. The number of hydrogen-bond donors (Lipinski definition) is 1. The van der Waals surface area contributed by atoms with Crippen LogP contribution in [0.4, 0.5) is 5.82 Å². The van der Waals surface area contributed by atoms with E-state index in [0.29, 0.717) is 22.3 Å². The zero-order valence-electron chi connectivity index (χ0n) is 13.3. The number of benzene rings is 1. The van der Waals surface area contributed by atoms with Gasteiger partial charge in [-0.15, -0.1) is 0 Å². The molecule has 4 aromatic rings. The van der Waals surface area contributed by atoms with Crippen LogP contribution in [-0.2, 0) is 18.4 Å². The minimum atomic E-state index is -0.242. The van der Waals surface area contributed by atoms with Gasteiger partial charge in [0, 0.05) is 13.2 Å². The van der Waals surface area contributed by atoms with Crippen LogP contribution >= 0.6 is 11.6 Å². The molecule has 126 valence electrons. The van der Waals surface area contributed by atoms with Crippen molar-refractivity contribution < 1.29 is 9.21 Å². The van der Waals surface area contributed by atoms with Crippen molar-refractivity contribution in [1.29, 1.82) is 0 Å². The summed E-state index contributed by atoms with van der Waals surface area (Å²) in [6.07, 6.45) is 3.30. The van der Waals surface area contributed by atoms with E-state index in [9.17, 15) is 4.79 Å². The van der Waals surface area contributed by atoms with Crippen molar-refractivity contribution in [1.82, 2.24) is 19.6 Å². The van der Waals surface area contributed by atoms with Crippen molar-refractivity contribution in [3.63, 3.8) is 0 Å². The van der Waals surface area contributed by atoms with Crippen molar-refractivity contribution in [2.75, 3.05) is 5.32 Å². The first-order valence-electron chi connectivity index (χ1n) is 7.60. The number of anilines is 1. The molecule has 0 bridgehead atoms. The second kappa shape index (κ2) is 6.10. The van der Waals surface area contributed by atoms with Gasteiger partial charge in [0.25, 0.3) is 0 Å². The summed E-state index contributed by atoms with van der Waals surface area (Å²) in [5.41, 5.74) is 1.52. The molecule has 0 saturated heterocycles. The van der Waals surface area contributed by atoms with Gasteiger partial charge in [-0.25, -0.2) is 0 Å². The molecule has 1 aromatic carbocycles. The molecule has 0 atom stereocenters. The maximum absolute atomic E-state index is 12.4. The summed E-state index contributed by atoms with van der Waals surface area (Å²) in [6, 6.07) is 10.9. The van der Waals surface area contributed by atoms with Crippen LogP contribution in [0.2, 0.25) is 5.02 Å². The van der Waals surface area contributed by atoms with Gasteiger partial charge in [0.05, 0.1) is 22.2 Å². The first-order valence-corrected chi connectivity index (χ1v) is 7.98. The Balaban J connectivity index is 1.53. The predicted molar refractivity (Wildman–Crippen MR) is 94.3 cm³/mol. The molecule has 0 aliphatic carbocycles. The summed E-state index contributed by atoms with van der Waals surface area (Å²) < 4.78 is 8.52. The molecular formula is C17H14ClN5O2. The average molecular weight is 356 g/mol. The second-order valence-electron chi connectivity index (χ2n) is 5.53. The fourth-order valence-electron chi connectivity index (χ4n) is 2.68. The van der Waals surface area contributed by atoms with Crippen molar-refractivity contribution in [3.8, 4) is 11.5 Å². The number of amides is 1. The van der Waals surface area contributed by atoms with Gasteiger partial charge in [0.1, 0.15) is 12.2 Å². The Morgan fingerprint density at radius 2 is 2.12 bits per heavy atom. The van der Waals surface area contributed by atoms with Gasteiger partial charge in [-0.05, 0) is 30.3 Å².